The van der Waals surface area contributed by atoms with Gasteiger partial charge in [0.15, 0.2) is 10.9 Å². The number of carbonyl (C=O) groups is 1. The van der Waals surface area contributed by atoms with Gasteiger partial charge in [0, 0.05) is 6.20 Å². The van der Waals surface area contributed by atoms with Crippen molar-refractivity contribution < 1.29 is 31.1 Å². The molecule has 0 aromatic carbocycles. The van der Waals surface area contributed by atoms with E-state index in [2.05, 4.69) is 20.4 Å². The quantitative estimate of drug-likeness (QED) is 0.651. The first-order valence-electron chi connectivity index (χ1n) is 6.81. The van der Waals surface area contributed by atoms with E-state index in [1.165, 1.54) is 6.92 Å². The van der Waals surface area contributed by atoms with Crippen molar-refractivity contribution in [3.63, 3.8) is 0 Å². The lowest BCUT2D eigenvalue weighted by atomic mass is 10.2. The second-order valence-electron chi connectivity index (χ2n) is 4.42. The van der Waals surface area contributed by atoms with Crippen LogP contribution >= 0.6 is 12.2 Å². The predicted octanol–water partition coefficient (Wildman–Crippen LogP) is 2.30. The maximum Gasteiger partial charge on any atom is 0.417 e. The fraction of sp³-hybridized carbons (Fsp3) is 0.417. The minimum atomic E-state index is -4.71. The molecule has 0 bridgehead atoms. The zero-order valence-corrected chi connectivity index (χ0v) is 14.7. The number of nitrogens with zero attached hydrogens (tertiary/aromatic N) is 1. The minimum Gasteiger partial charge on any atom is -0.450 e. The predicted molar refractivity (Wildman–Crippen MR) is 88.7 cm³/mol. The van der Waals surface area contributed by atoms with Crippen molar-refractivity contribution in [1.82, 2.24) is 10.3 Å². The summed E-state index contributed by atoms with van der Waals surface area (Å²) >= 11 is 4.78. The maximum absolute atomic E-state index is 12.8. The number of anilines is 2. The van der Waals surface area contributed by atoms with Gasteiger partial charge >= 0.3 is 12.3 Å². The normalized spacial score (nSPS) is 11.6. The van der Waals surface area contributed by atoms with Gasteiger partial charge in [-0.25, -0.2) is 18.2 Å². The van der Waals surface area contributed by atoms with Gasteiger partial charge in [-0.3, -0.25) is 10.0 Å². The number of pyridine rings is 1. The van der Waals surface area contributed by atoms with Gasteiger partial charge in [-0.15, -0.1) is 0 Å². The van der Waals surface area contributed by atoms with Crippen LogP contribution in [0.3, 0.4) is 0 Å². The summed E-state index contributed by atoms with van der Waals surface area (Å²) in [5.41, 5.74) is -1.51. The molecule has 0 aliphatic rings. The summed E-state index contributed by atoms with van der Waals surface area (Å²) in [6.07, 6.45) is -5.15. The summed E-state index contributed by atoms with van der Waals surface area (Å²) in [6.45, 7) is 2.94. The Balaban J connectivity index is 3.14. The first-order valence-corrected chi connectivity index (χ1v) is 8.87. The molecule has 3 N–H and O–H groups in total. The van der Waals surface area contributed by atoms with Crippen molar-refractivity contribution in [3.05, 3.63) is 17.8 Å². The Labute approximate surface area is 147 Å². The van der Waals surface area contributed by atoms with E-state index in [9.17, 15) is 26.4 Å². The van der Waals surface area contributed by atoms with E-state index in [1.807, 2.05) is 4.72 Å². The van der Waals surface area contributed by atoms with Crippen molar-refractivity contribution in [2.24, 2.45) is 0 Å². The van der Waals surface area contributed by atoms with E-state index in [-0.39, 0.29) is 18.0 Å². The third-order valence-corrected chi connectivity index (χ3v) is 4.06. The van der Waals surface area contributed by atoms with Crippen molar-refractivity contribution in [3.8, 4) is 0 Å². The third-order valence-electron chi connectivity index (χ3n) is 2.59. The largest absolute Gasteiger partial charge is 0.450 e. The zero-order chi connectivity index (χ0) is 19.3. The molecule has 0 aliphatic heterocycles. The zero-order valence-electron chi connectivity index (χ0n) is 13.1. The van der Waals surface area contributed by atoms with Crippen LogP contribution in [0.25, 0.3) is 0 Å². The van der Waals surface area contributed by atoms with E-state index >= 15 is 0 Å². The van der Waals surface area contributed by atoms with E-state index in [4.69, 9.17) is 12.2 Å². The lowest BCUT2D eigenvalue weighted by Crippen LogP contribution is -2.35. The molecule has 0 spiro atoms. The molecule has 0 aliphatic carbocycles. The molecule has 0 atom stereocenters. The highest BCUT2D eigenvalue weighted by atomic mass is 32.2. The van der Waals surface area contributed by atoms with Crippen molar-refractivity contribution in [2.45, 2.75) is 20.0 Å². The molecule has 0 fully saturated rings. The molecule has 1 heterocycles. The van der Waals surface area contributed by atoms with Crippen LogP contribution in [0.4, 0.5) is 29.5 Å². The van der Waals surface area contributed by atoms with E-state index in [0.717, 1.165) is 0 Å². The van der Waals surface area contributed by atoms with Crippen LogP contribution in [0.2, 0.25) is 0 Å². The van der Waals surface area contributed by atoms with Crippen molar-refractivity contribution in [1.29, 1.82) is 0 Å². The van der Waals surface area contributed by atoms with Crippen molar-refractivity contribution in [2.75, 3.05) is 22.4 Å². The number of hydrogen-bond acceptors (Lipinski definition) is 6. The summed E-state index contributed by atoms with van der Waals surface area (Å²) in [5.74, 6) is -0.719. The average Bonchev–Trinajstić information content (AvgIpc) is 2.47. The number of aromatic nitrogens is 1. The number of amides is 1. The van der Waals surface area contributed by atoms with E-state index in [0.29, 0.717) is 12.3 Å². The van der Waals surface area contributed by atoms with Gasteiger partial charge in [0.1, 0.15) is 0 Å². The van der Waals surface area contributed by atoms with Gasteiger partial charge in [-0.2, -0.15) is 13.2 Å². The molecule has 0 radical (unpaired) electrons. The number of sulfonamides is 1. The molecule has 140 valence electrons. The second kappa shape index (κ2) is 8.29. The Hall–Kier alpha value is -2.15. The molecule has 0 saturated heterocycles. The van der Waals surface area contributed by atoms with E-state index < -0.39 is 38.8 Å². The maximum atomic E-state index is 12.8. The highest BCUT2D eigenvalue weighted by molar-refractivity contribution is 7.92. The second-order valence-corrected chi connectivity index (χ2v) is 6.84. The fourth-order valence-electron chi connectivity index (χ4n) is 1.43. The minimum absolute atomic E-state index is 0.0567. The number of rotatable bonds is 5. The number of nitrogens with one attached hydrogen (secondary N) is 3. The number of carbonyl (C=O) groups excluding carboxylic acids is 1. The monoisotopic (exact) mass is 400 g/mol. The molecule has 1 amide bonds. The topological polar surface area (TPSA) is 109 Å². The Kier molecular flexibility index (Phi) is 6.93. The summed E-state index contributed by atoms with van der Waals surface area (Å²) in [4.78, 5) is 14.7. The molecular weight excluding hydrogens is 385 g/mol. The molecule has 1 rings (SSSR count). The van der Waals surface area contributed by atoms with Gasteiger partial charge in [-0.1, -0.05) is 0 Å². The summed E-state index contributed by atoms with van der Waals surface area (Å²) < 4.78 is 68.3. The number of hydrogen-bond donors (Lipinski definition) is 3. The van der Waals surface area contributed by atoms with Crippen LogP contribution in [-0.2, 0) is 20.9 Å². The first-order chi connectivity index (χ1) is 11.5. The SMILES string of the molecule is CCOC(=O)NC(=S)Nc1cc(C(F)(F)F)cnc1NS(=O)(=O)CC. The number of halogens is 3. The number of alkyl carbamates (subject to hydrolysis) is 1. The highest BCUT2D eigenvalue weighted by Crippen LogP contribution is 2.32. The molecule has 25 heavy (non-hydrogen) atoms. The molecule has 13 heteroatoms. The van der Waals surface area contributed by atoms with Crippen LogP contribution in [0.15, 0.2) is 12.3 Å². The molecular formula is C12H15F3N4O4S2. The highest BCUT2D eigenvalue weighted by Gasteiger charge is 2.32. The van der Waals surface area contributed by atoms with Crippen molar-refractivity contribution >= 4 is 45.0 Å². The summed E-state index contributed by atoms with van der Waals surface area (Å²) in [5, 5.41) is 3.96. The van der Waals surface area contributed by atoms with Gasteiger partial charge in [0.25, 0.3) is 0 Å². The summed E-state index contributed by atoms with van der Waals surface area (Å²) in [6, 6.07) is 0.611. The summed E-state index contributed by atoms with van der Waals surface area (Å²) in [7, 11) is -3.80. The van der Waals surface area contributed by atoms with Gasteiger partial charge < -0.3 is 10.1 Å². The Morgan fingerprint density at radius 2 is 2.00 bits per heavy atom. The van der Waals surface area contributed by atoms with Crippen LogP contribution in [0, 0.1) is 0 Å². The van der Waals surface area contributed by atoms with E-state index in [1.54, 1.807) is 6.92 Å². The molecule has 8 nitrogen and oxygen atoms in total. The third kappa shape index (κ3) is 6.70. The molecule has 1 aromatic rings. The standard InChI is InChI=1S/C12H15F3N4O4S2/c1-3-23-11(20)18-10(24)17-8-5-7(12(13,14)15)6-16-9(8)19-25(21,22)4-2/h5-6H,3-4H2,1-2H3,(H,16,19)(H2,17,18,20,24). The van der Waals surface area contributed by atoms with Gasteiger partial charge in [0.2, 0.25) is 10.0 Å². The molecule has 0 saturated carbocycles. The smallest absolute Gasteiger partial charge is 0.417 e. The Bertz CT molecular complexity index is 753. The molecule has 0 unspecified atom stereocenters. The molecule has 1 aromatic heterocycles. The Morgan fingerprint density at radius 3 is 2.52 bits per heavy atom. The fourth-order valence-corrected chi connectivity index (χ4v) is 2.22. The van der Waals surface area contributed by atoms with Gasteiger partial charge in [0.05, 0.1) is 23.6 Å². The lowest BCUT2D eigenvalue weighted by Gasteiger charge is -2.16. The number of alkyl halides is 3. The number of thiocarbonyl (C=S) groups is 1. The van der Waals surface area contributed by atoms with Crippen LogP contribution in [0.5, 0.6) is 0 Å². The lowest BCUT2D eigenvalue weighted by molar-refractivity contribution is -0.137. The number of ether oxygens (including phenoxy) is 1. The van der Waals surface area contributed by atoms with Gasteiger partial charge in [-0.05, 0) is 32.1 Å². The average molecular weight is 400 g/mol. The van der Waals surface area contributed by atoms with Crippen LogP contribution in [0.1, 0.15) is 19.4 Å². The van der Waals surface area contributed by atoms with Crippen LogP contribution in [-0.4, -0.2) is 37.0 Å². The van der Waals surface area contributed by atoms with Crippen LogP contribution < -0.4 is 15.4 Å². The first kappa shape index (κ1) is 20.9. The Morgan fingerprint density at radius 1 is 1.36 bits per heavy atom.